The summed E-state index contributed by atoms with van der Waals surface area (Å²) in [6.07, 6.45) is 1.78. The third-order valence-electron chi connectivity index (χ3n) is 3.03. The summed E-state index contributed by atoms with van der Waals surface area (Å²) >= 11 is 0. The summed E-state index contributed by atoms with van der Waals surface area (Å²) < 4.78 is 4.77. The maximum atomic E-state index is 11.6. The number of hydrogen-bond acceptors (Lipinski definition) is 4. The van der Waals surface area contributed by atoms with Gasteiger partial charge in [-0.1, -0.05) is 19.9 Å². The van der Waals surface area contributed by atoms with Crippen molar-refractivity contribution in [1.29, 1.82) is 0 Å². The van der Waals surface area contributed by atoms with Crippen LogP contribution < -0.4 is 5.32 Å². The zero-order chi connectivity index (χ0) is 13.8. The van der Waals surface area contributed by atoms with Gasteiger partial charge in [-0.05, 0) is 26.0 Å². The Morgan fingerprint density at radius 1 is 1.33 bits per heavy atom. The minimum absolute atomic E-state index is 0.146. The topological polar surface area (TPSA) is 51.2 Å². The van der Waals surface area contributed by atoms with Gasteiger partial charge in [0, 0.05) is 23.9 Å². The van der Waals surface area contributed by atoms with Gasteiger partial charge in [0.1, 0.15) is 5.54 Å². The van der Waals surface area contributed by atoms with Gasteiger partial charge in [0.25, 0.3) is 0 Å². The molecule has 0 atom stereocenters. The molecule has 1 heterocycles. The van der Waals surface area contributed by atoms with Crippen LogP contribution in [0.5, 0.6) is 0 Å². The third kappa shape index (κ3) is 3.53. The summed E-state index contributed by atoms with van der Waals surface area (Å²) in [5.74, 6) is -0.265. The molecule has 0 radical (unpaired) electrons. The molecule has 4 nitrogen and oxygen atoms in total. The van der Waals surface area contributed by atoms with Gasteiger partial charge in [-0.25, -0.2) is 0 Å². The van der Waals surface area contributed by atoms with Gasteiger partial charge >= 0.3 is 5.97 Å². The predicted molar refractivity (Wildman–Crippen MR) is 71.4 cm³/mol. The van der Waals surface area contributed by atoms with Crippen molar-refractivity contribution in [2.24, 2.45) is 0 Å². The molecule has 1 aromatic rings. The van der Waals surface area contributed by atoms with E-state index >= 15 is 0 Å². The van der Waals surface area contributed by atoms with E-state index in [2.05, 4.69) is 24.1 Å². The minimum Gasteiger partial charge on any atom is -0.468 e. The fourth-order valence-corrected chi connectivity index (χ4v) is 1.62. The largest absolute Gasteiger partial charge is 0.468 e. The molecule has 0 fully saturated rings. The number of esters is 1. The number of pyridine rings is 1. The molecule has 0 aliphatic rings. The van der Waals surface area contributed by atoms with Crippen LogP contribution in [0.15, 0.2) is 24.4 Å². The van der Waals surface area contributed by atoms with Gasteiger partial charge in [-0.15, -0.1) is 0 Å². The molecule has 100 valence electrons. The van der Waals surface area contributed by atoms with Crippen molar-refractivity contribution in [1.82, 2.24) is 10.3 Å². The highest BCUT2D eigenvalue weighted by molar-refractivity contribution is 5.79. The maximum absolute atomic E-state index is 11.6. The molecule has 1 aromatic heterocycles. The van der Waals surface area contributed by atoms with Crippen LogP contribution in [0.2, 0.25) is 0 Å². The Kier molecular flexibility index (Phi) is 4.46. The van der Waals surface area contributed by atoms with Crippen LogP contribution >= 0.6 is 0 Å². The number of carbonyl (C=O) groups is 1. The number of rotatable bonds is 5. The maximum Gasteiger partial charge on any atom is 0.325 e. The summed E-state index contributed by atoms with van der Waals surface area (Å²) in [4.78, 5) is 15.9. The van der Waals surface area contributed by atoms with Crippen LogP contribution in [0.4, 0.5) is 0 Å². The average molecular weight is 250 g/mol. The van der Waals surface area contributed by atoms with E-state index < -0.39 is 5.54 Å². The van der Waals surface area contributed by atoms with Crippen molar-refractivity contribution >= 4 is 5.97 Å². The number of ether oxygens (including phenoxy) is 1. The molecule has 0 aliphatic heterocycles. The van der Waals surface area contributed by atoms with E-state index in [1.807, 2.05) is 32.0 Å². The van der Waals surface area contributed by atoms with Gasteiger partial charge in [0.2, 0.25) is 0 Å². The van der Waals surface area contributed by atoms with E-state index in [1.54, 1.807) is 6.20 Å². The molecule has 1 rings (SSSR count). The zero-order valence-electron chi connectivity index (χ0n) is 11.8. The number of aromatic nitrogens is 1. The Balaban J connectivity index is 2.71. The number of carbonyl (C=O) groups excluding carboxylic acids is 1. The lowest BCUT2D eigenvalue weighted by Gasteiger charge is -2.30. The predicted octanol–water partition coefficient (Wildman–Crippen LogP) is 1.90. The Bertz CT molecular complexity index is 400. The van der Waals surface area contributed by atoms with Crippen LogP contribution in [0.25, 0.3) is 0 Å². The van der Waals surface area contributed by atoms with Crippen LogP contribution in [-0.2, 0) is 14.9 Å². The zero-order valence-corrected chi connectivity index (χ0v) is 11.8. The molecule has 0 saturated carbocycles. The summed E-state index contributed by atoms with van der Waals surface area (Å²) in [5, 5.41) is 3.23. The average Bonchev–Trinajstić information content (AvgIpc) is 2.36. The SMILES string of the molecule is COC(=O)C(C)(C)NCC(C)(C)c1ccccn1. The highest BCUT2D eigenvalue weighted by Gasteiger charge is 2.31. The van der Waals surface area contributed by atoms with Crippen molar-refractivity contribution in [2.45, 2.75) is 38.6 Å². The van der Waals surface area contributed by atoms with Crippen molar-refractivity contribution in [2.75, 3.05) is 13.7 Å². The van der Waals surface area contributed by atoms with E-state index in [0.717, 1.165) is 5.69 Å². The molecular formula is C14H22N2O2. The van der Waals surface area contributed by atoms with E-state index in [1.165, 1.54) is 7.11 Å². The van der Waals surface area contributed by atoms with Crippen LogP contribution in [0, 0.1) is 0 Å². The lowest BCUT2D eigenvalue weighted by Crippen LogP contribution is -2.51. The quantitative estimate of drug-likeness (QED) is 0.811. The van der Waals surface area contributed by atoms with Gasteiger partial charge in [-0.2, -0.15) is 0 Å². The first kappa shape index (κ1) is 14.6. The normalized spacial score (nSPS) is 12.3. The highest BCUT2D eigenvalue weighted by atomic mass is 16.5. The first-order chi connectivity index (χ1) is 8.29. The lowest BCUT2D eigenvalue weighted by atomic mass is 9.87. The number of methoxy groups -OCH3 is 1. The molecule has 0 saturated heterocycles. The molecule has 4 heteroatoms. The Morgan fingerprint density at radius 3 is 2.50 bits per heavy atom. The summed E-state index contributed by atoms with van der Waals surface area (Å²) in [6, 6.07) is 5.85. The van der Waals surface area contributed by atoms with Crippen molar-refractivity contribution in [3.63, 3.8) is 0 Å². The molecule has 0 amide bonds. The van der Waals surface area contributed by atoms with Crippen LogP contribution in [-0.4, -0.2) is 30.1 Å². The monoisotopic (exact) mass is 250 g/mol. The Morgan fingerprint density at radius 2 is 2.00 bits per heavy atom. The third-order valence-corrected chi connectivity index (χ3v) is 3.03. The minimum atomic E-state index is -0.694. The summed E-state index contributed by atoms with van der Waals surface area (Å²) in [5.41, 5.74) is 0.158. The van der Waals surface area contributed by atoms with E-state index in [0.29, 0.717) is 6.54 Å². The van der Waals surface area contributed by atoms with Crippen molar-refractivity contribution < 1.29 is 9.53 Å². The second-order valence-corrected chi connectivity index (χ2v) is 5.57. The molecule has 0 bridgehead atoms. The van der Waals surface area contributed by atoms with Crippen molar-refractivity contribution in [3.8, 4) is 0 Å². The summed E-state index contributed by atoms with van der Waals surface area (Å²) in [6.45, 7) is 8.46. The van der Waals surface area contributed by atoms with E-state index in [9.17, 15) is 4.79 Å². The first-order valence-electron chi connectivity index (χ1n) is 6.04. The van der Waals surface area contributed by atoms with Gasteiger partial charge in [0.05, 0.1) is 7.11 Å². The molecule has 0 spiro atoms. The molecule has 0 aliphatic carbocycles. The van der Waals surface area contributed by atoms with Crippen molar-refractivity contribution in [3.05, 3.63) is 30.1 Å². The standard InChI is InChI=1S/C14H22N2O2/c1-13(2,11-8-6-7-9-15-11)10-16-14(3,4)12(17)18-5/h6-9,16H,10H2,1-5H3. The lowest BCUT2D eigenvalue weighted by molar-refractivity contribution is -0.147. The second-order valence-electron chi connectivity index (χ2n) is 5.57. The van der Waals surface area contributed by atoms with Gasteiger partial charge < -0.3 is 10.1 Å². The fraction of sp³-hybridized carbons (Fsp3) is 0.571. The molecule has 0 aromatic carbocycles. The number of hydrogen-bond donors (Lipinski definition) is 1. The molecule has 18 heavy (non-hydrogen) atoms. The smallest absolute Gasteiger partial charge is 0.325 e. The Labute approximate surface area is 109 Å². The fourth-order valence-electron chi connectivity index (χ4n) is 1.62. The summed E-state index contributed by atoms with van der Waals surface area (Å²) in [7, 11) is 1.40. The van der Waals surface area contributed by atoms with E-state index in [4.69, 9.17) is 4.74 Å². The number of nitrogens with zero attached hydrogens (tertiary/aromatic N) is 1. The first-order valence-corrected chi connectivity index (χ1v) is 6.04. The number of nitrogens with one attached hydrogen (secondary N) is 1. The second kappa shape index (κ2) is 5.48. The van der Waals surface area contributed by atoms with Gasteiger partial charge in [-0.3, -0.25) is 9.78 Å². The molecule has 0 unspecified atom stereocenters. The highest BCUT2D eigenvalue weighted by Crippen LogP contribution is 2.20. The van der Waals surface area contributed by atoms with Crippen LogP contribution in [0.3, 0.4) is 0 Å². The molecular weight excluding hydrogens is 228 g/mol. The van der Waals surface area contributed by atoms with E-state index in [-0.39, 0.29) is 11.4 Å². The molecule has 1 N–H and O–H groups in total. The van der Waals surface area contributed by atoms with Crippen LogP contribution in [0.1, 0.15) is 33.4 Å². The van der Waals surface area contributed by atoms with Gasteiger partial charge in [0.15, 0.2) is 0 Å². The Hall–Kier alpha value is -1.42.